The number of anilines is 1. The summed E-state index contributed by atoms with van der Waals surface area (Å²) in [6, 6.07) is 0.478. The molecule has 1 aromatic rings. The molecule has 0 atom stereocenters. The van der Waals surface area contributed by atoms with Crippen molar-refractivity contribution >= 4 is 11.7 Å². The van der Waals surface area contributed by atoms with Crippen LogP contribution in [0.15, 0.2) is 4.63 Å². The number of aromatic nitrogens is 2. The lowest BCUT2D eigenvalue weighted by Gasteiger charge is -2.22. The van der Waals surface area contributed by atoms with Gasteiger partial charge in [0, 0.05) is 6.04 Å². The number of hydrogen-bond acceptors (Lipinski definition) is 5. The first kappa shape index (κ1) is 12.0. The first-order chi connectivity index (χ1) is 8.25. The van der Waals surface area contributed by atoms with Crippen molar-refractivity contribution in [2.24, 2.45) is 0 Å². The Morgan fingerprint density at radius 1 is 1.35 bits per heavy atom. The number of aryl methyl sites for hydroxylation is 1. The van der Waals surface area contributed by atoms with Crippen LogP contribution in [-0.4, -0.2) is 28.8 Å². The van der Waals surface area contributed by atoms with Crippen LogP contribution in [0, 0.1) is 6.92 Å². The quantitative estimate of drug-likeness (QED) is 0.825. The van der Waals surface area contributed by atoms with Crippen LogP contribution < -0.4 is 10.6 Å². The fourth-order valence-electron chi connectivity index (χ4n) is 2.07. The molecule has 1 aliphatic carbocycles. The molecule has 2 rings (SSSR count). The van der Waals surface area contributed by atoms with Gasteiger partial charge in [0.2, 0.25) is 5.91 Å². The van der Waals surface area contributed by atoms with E-state index in [1.807, 2.05) is 0 Å². The second kappa shape index (κ2) is 5.77. The molecule has 1 heterocycles. The van der Waals surface area contributed by atoms with Crippen molar-refractivity contribution in [2.75, 3.05) is 11.9 Å². The topological polar surface area (TPSA) is 80.1 Å². The lowest BCUT2D eigenvalue weighted by molar-refractivity contribution is -0.115. The highest BCUT2D eigenvalue weighted by molar-refractivity contribution is 5.91. The third-order valence-electron chi connectivity index (χ3n) is 3.07. The number of amides is 1. The number of hydrogen-bond donors (Lipinski definition) is 2. The lowest BCUT2D eigenvalue weighted by Crippen LogP contribution is -2.37. The van der Waals surface area contributed by atoms with Crippen LogP contribution in [0.4, 0.5) is 5.82 Å². The molecule has 1 amide bonds. The lowest BCUT2D eigenvalue weighted by atomic mass is 9.95. The number of nitrogens with zero attached hydrogens (tertiary/aromatic N) is 2. The smallest absolute Gasteiger partial charge is 0.239 e. The molecule has 0 unspecified atom stereocenters. The molecule has 2 N–H and O–H groups in total. The predicted octanol–water partition coefficient (Wildman–Crippen LogP) is 1.24. The molecule has 17 heavy (non-hydrogen) atoms. The van der Waals surface area contributed by atoms with Gasteiger partial charge in [-0.3, -0.25) is 4.79 Å². The van der Waals surface area contributed by atoms with Crippen molar-refractivity contribution in [3.8, 4) is 0 Å². The molecule has 1 aliphatic rings. The summed E-state index contributed by atoms with van der Waals surface area (Å²) in [5, 5.41) is 13.1. The summed E-state index contributed by atoms with van der Waals surface area (Å²) in [5.41, 5.74) is 0.594. The van der Waals surface area contributed by atoms with Gasteiger partial charge in [0.15, 0.2) is 5.82 Å². The Morgan fingerprint density at radius 2 is 2.12 bits per heavy atom. The van der Waals surface area contributed by atoms with Gasteiger partial charge < -0.3 is 10.6 Å². The Balaban J connectivity index is 1.72. The Kier molecular flexibility index (Phi) is 4.08. The molecule has 0 aliphatic heterocycles. The maximum absolute atomic E-state index is 11.6. The molecular formula is C11H18N4O2. The van der Waals surface area contributed by atoms with E-state index in [9.17, 15) is 4.79 Å². The van der Waals surface area contributed by atoms with Gasteiger partial charge >= 0.3 is 0 Å². The molecule has 6 heteroatoms. The Hall–Kier alpha value is -1.43. The first-order valence-corrected chi connectivity index (χ1v) is 6.08. The standard InChI is InChI=1S/C11H18N4O2/c1-8-11(15-17-14-8)13-10(16)7-12-9-5-3-2-4-6-9/h9,12H,2-7H2,1H3,(H,13,15,16). The molecular weight excluding hydrogens is 220 g/mol. The average Bonchev–Trinajstić information content (AvgIpc) is 2.74. The van der Waals surface area contributed by atoms with E-state index in [1.165, 1.54) is 19.3 Å². The van der Waals surface area contributed by atoms with Gasteiger partial charge in [-0.2, -0.15) is 0 Å². The van der Waals surface area contributed by atoms with Crippen molar-refractivity contribution in [3.05, 3.63) is 5.69 Å². The van der Waals surface area contributed by atoms with Gasteiger partial charge in [0.05, 0.1) is 6.54 Å². The minimum absolute atomic E-state index is 0.102. The maximum Gasteiger partial charge on any atom is 0.239 e. The van der Waals surface area contributed by atoms with Crippen LogP contribution >= 0.6 is 0 Å². The zero-order valence-corrected chi connectivity index (χ0v) is 10.0. The number of rotatable bonds is 4. The summed E-state index contributed by atoms with van der Waals surface area (Å²) in [5.74, 6) is 0.301. The van der Waals surface area contributed by atoms with Gasteiger partial charge in [-0.05, 0) is 24.9 Å². The van der Waals surface area contributed by atoms with E-state index in [2.05, 4.69) is 25.6 Å². The summed E-state index contributed by atoms with van der Waals surface area (Å²) >= 11 is 0. The van der Waals surface area contributed by atoms with Crippen LogP contribution in [-0.2, 0) is 4.79 Å². The van der Waals surface area contributed by atoms with Gasteiger partial charge in [0.25, 0.3) is 0 Å². The Labute approximate surface area is 100 Å². The summed E-state index contributed by atoms with van der Waals surface area (Å²) in [6.07, 6.45) is 6.15. The summed E-state index contributed by atoms with van der Waals surface area (Å²) in [7, 11) is 0. The molecule has 0 radical (unpaired) electrons. The van der Waals surface area contributed by atoms with E-state index >= 15 is 0 Å². The molecule has 6 nitrogen and oxygen atoms in total. The zero-order valence-electron chi connectivity index (χ0n) is 10.0. The van der Waals surface area contributed by atoms with E-state index in [0.717, 1.165) is 12.8 Å². The van der Waals surface area contributed by atoms with Crippen molar-refractivity contribution in [3.63, 3.8) is 0 Å². The molecule has 0 saturated heterocycles. The minimum Gasteiger partial charge on any atom is -0.306 e. The van der Waals surface area contributed by atoms with Crippen LogP contribution in [0.3, 0.4) is 0 Å². The highest BCUT2D eigenvalue weighted by Crippen LogP contribution is 2.17. The fraction of sp³-hybridized carbons (Fsp3) is 0.727. The summed E-state index contributed by atoms with van der Waals surface area (Å²) in [6.45, 7) is 2.05. The van der Waals surface area contributed by atoms with Crippen molar-refractivity contribution in [1.29, 1.82) is 0 Å². The number of carbonyl (C=O) groups is 1. The Bertz CT molecular complexity index is 371. The molecule has 1 saturated carbocycles. The number of carbonyl (C=O) groups excluding carboxylic acids is 1. The van der Waals surface area contributed by atoms with E-state index in [4.69, 9.17) is 0 Å². The van der Waals surface area contributed by atoms with Crippen LogP contribution in [0.2, 0.25) is 0 Å². The van der Waals surface area contributed by atoms with Crippen LogP contribution in [0.25, 0.3) is 0 Å². The van der Waals surface area contributed by atoms with Gasteiger partial charge in [-0.25, -0.2) is 4.63 Å². The summed E-state index contributed by atoms with van der Waals surface area (Å²) in [4.78, 5) is 11.6. The van der Waals surface area contributed by atoms with Crippen molar-refractivity contribution < 1.29 is 9.42 Å². The van der Waals surface area contributed by atoms with Gasteiger partial charge in [-0.15, -0.1) is 0 Å². The summed E-state index contributed by atoms with van der Waals surface area (Å²) < 4.78 is 4.51. The molecule has 0 spiro atoms. The molecule has 1 fully saturated rings. The predicted molar refractivity (Wildman–Crippen MR) is 62.5 cm³/mol. The largest absolute Gasteiger partial charge is 0.306 e. The van der Waals surface area contributed by atoms with Crippen molar-refractivity contribution in [1.82, 2.24) is 15.6 Å². The van der Waals surface area contributed by atoms with E-state index in [1.54, 1.807) is 6.92 Å². The van der Waals surface area contributed by atoms with Gasteiger partial charge in [0.1, 0.15) is 5.69 Å². The maximum atomic E-state index is 11.6. The normalized spacial score (nSPS) is 17.0. The third kappa shape index (κ3) is 3.52. The van der Waals surface area contributed by atoms with E-state index in [0.29, 0.717) is 24.1 Å². The highest BCUT2D eigenvalue weighted by Gasteiger charge is 2.15. The fourth-order valence-corrected chi connectivity index (χ4v) is 2.07. The SMILES string of the molecule is Cc1nonc1NC(=O)CNC1CCCCC1. The van der Waals surface area contributed by atoms with Crippen LogP contribution in [0.5, 0.6) is 0 Å². The van der Waals surface area contributed by atoms with E-state index in [-0.39, 0.29) is 5.91 Å². The van der Waals surface area contributed by atoms with E-state index < -0.39 is 0 Å². The monoisotopic (exact) mass is 238 g/mol. The molecule has 0 bridgehead atoms. The zero-order chi connectivity index (χ0) is 12.1. The molecule has 94 valence electrons. The number of nitrogens with one attached hydrogen (secondary N) is 2. The highest BCUT2D eigenvalue weighted by atomic mass is 16.6. The van der Waals surface area contributed by atoms with Crippen LogP contribution in [0.1, 0.15) is 37.8 Å². The van der Waals surface area contributed by atoms with Gasteiger partial charge in [-0.1, -0.05) is 24.4 Å². The van der Waals surface area contributed by atoms with Crippen molar-refractivity contribution in [2.45, 2.75) is 45.1 Å². The molecule has 1 aromatic heterocycles. The molecule has 0 aromatic carbocycles. The Morgan fingerprint density at radius 3 is 2.76 bits per heavy atom. The first-order valence-electron chi connectivity index (χ1n) is 6.08. The minimum atomic E-state index is -0.102. The average molecular weight is 238 g/mol. The second-order valence-corrected chi connectivity index (χ2v) is 4.46. The second-order valence-electron chi connectivity index (χ2n) is 4.46. The third-order valence-corrected chi connectivity index (χ3v) is 3.07.